The van der Waals surface area contributed by atoms with Crippen LogP contribution in [-0.4, -0.2) is 33.5 Å². The number of pyridine rings is 2. The Balaban J connectivity index is 1.86. The summed E-state index contributed by atoms with van der Waals surface area (Å²) in [7, 11) is 1.66. The van der Waals surface area contributed by atoms with Gasteiger partial charge in [0.25, 0.3) is 0 Å². The number of hydrogen-bond donors (Lipinski definition) is 0. The van der Waals surface area contributed by atoms with E-state index in [-0.39, 0.29) is 11.9 Å². The number of nitrogens with zero attached hydrogens (tertiary/aromatic N) is 5. The third kappa shape index (κ3) is 5.18. The van der Waals surface area contributed by atoms with Gasteiger partial charge in [-0.15, -0.1) is 0 Å². The second-order valence-electron chi connectivity index (χ2n) is 10.0. The van der Waals surface area contributed by atoms with Gasteiger partial charge in [0.1, 0.15) is 5.65 Å². The Bertz CT molecular complexity index is 1590. The van der Waals surface area contributed by atoms with E-state index in [0.29, 0.717) is 16.9 Å². The van der Waals surface area contributed by atoms with Crippen LogP contribution in [-0.2, 0) is 14.3 Å². The lowest BCUT2D eigenvalue weighted by molar-refractivity contribution is -0.162. The van der Waals surface area contributed by atoms with E-state index >= 15 is 0 Å². The zero-order valence-corrected chi connectivity index (χ0v) is 22.1. The van der Waals surface area contributed by atoms with Crippen molar-refractivity contribution in [2.75, 3.05) is 11.9 Å². The van der Waals surface area contributed by atoms with Crippen LogP contribution in [0.15, 0.2) is 73.8 Å². The van der Waals surface area contributed by atoms with Crippen LogP contribution in [0.5, 0.6) is 0 Å². The molecule has 0 aliphatic carbocycles. The highest BCUT2D eigenvalue weighted by Crippen LogP contribution is 2.35. The summed E-state index contributed by atoms with van der Waals surface area (Å²) in [5, 5.41) is 10.3. The van der Waals surface area contributed by atoms with Crippen molar-refractivity contribution in [2.24, 2.45) is 5.41 Å². The van der Waals surface area contributed by atoms with E-state index in [2.05, 4.69) is 17.6 Å². The van der Waals surface area contributed by atoms with Crippen LogP contribution in [0.25, 0.3) is 33.3 Å². The number of rotatable bonds is 6. The molecule has 1 atom stereocenters. The summed E-state index contributed by atoms with van der Waals surface area (Å²) >= 11 is 0. The van der Waals surface area contributed by atoms with Crippen molar-refractivity contribution in [3.8, 4) is 28.3 Å². The molecule has 0 spiro atoms. The molecule has 0 saturated carbocycles. The van der Waals surface area contributed by atoms with Crippen LogP contribution >= 0.6 is 0 Å². The number of amides is 1. The lowest BCUT2D eigenvalue weighted by Crippen LogP contribution is -2.26. The summed E-state index contributed by atoms with van der Waals surface area (Å²) in [6.45, 7) is 10.8. The highest BCUT2D eigenvalue weighted by Gasteiger charge is 2.27. The summed E-state index contributed by atoms with van der Waals surface area (Å²) in [6, 6.07) is 13.4. The van der Waals surface area contributed by atoms with Crippen molar-refractivity contribution in [3.05, 3.63) is 79.4 Å². The Labute approximate surface area is 221 Å². The Kier molecular flexibility index (Phi) is 7.13. The minimum absolute atomic E-state index is 0.243. The standard InChI is InChI=1S/C30H29N5O3/c1-7-27(36)34(6)24-12-22(15-32-17-24)23-13-25-26(21-10-8-9-20(11-21)14-31)18-35(28(25)33-16-23)19(2)38-29(37)30(3,4)5/h7-13,15-19H,1H2,2-6H3. The highest BCUT2D eigenvalue weighted by atomic mass is 16.6. The van der Waals surface area contributed by atoms with Crippen LogP contribution < -0.4 is 4.90 Å². The van der Waals surface area contributed by atoms with Crippen molar-refractivity contribution in [1.82, 2.24) is 14.5 Å². The van der Waals surface area contributed by atoms with Gasteiger partial charge in [-0.1, -0.05) is 18.7 Å². The molecule has 4 aromatic rings. The highest BCUT2D eigenvalue weighted by molar-refractivity contribution is 6.01. The molecule has 38 heavy (non-hydrogen) atoms. The smallest absolute Gasteiger partial charge is 0.313 e. The van der Waals surface area contributed by atoms with Crippen LogP contribution in [0.4, 0.5) is 5.69 Å². The van der Waals surface area contributed by atoms with Crippen LogP contribution in [0.2, 0.25) is 0 Å². The molecule has 0 aliphatic heterocycles. The first kappa shape index (κ1) is 26.3. The second-order valence-corrected chi connectivity index (χ2v) is 10.0. The summed E-state index contributed by atoms with van der Waals surface area (Å²) < 4.78 is 7.59. The van der Waals surface area contributed by atoms with E-state index in [1.807, 2.05) is 41.1 Å². The summed E-state index contributed by atoms with van der Waals surface area (Å²) in [6.07, 6.45) is 7.57. The second kappa shape index (κ2) is 10.3. The molecular weight excluding hydrogens is 478 g/mol. The van der Waals surface area contributed by atoms with Crippen LogP contribution in [0.3, 0.4) is 0 Å². The lowest BCUT2D eigenvalue weighted by Gasteiger charge is -2.22. The van der Waals surface area contributed by atoms with Gasteiger partial charge in [0, 0.05) is 47.7 Å². The molecule has 0 N–H and O–H groups in total. The van der Waals surface area contributed by atoms with E-state index in [1.165, 1.54) is 11.0 Å². The topological polar surface area (TPSA) is 101 Å². The van der Waals surface area contributed by atoms with Gasteiger partial charge in [0.05, 0.1) is 28.9 Å². The van der Waals surface area contributed by atoms with Crippen LogP contribution in [0.1, 0.15) is 39.5 Å². The van der Waals surface area contributed by atoms with Crippen molar-refractivity contribution in [1.29, 1.82) is 5.26 Å². The first-order valence-corrected chi connectivity index (χ1v) is 12.1. The third-order valence-electron chi connectivity index (χ3n) is 6.20. The number of nitriles is 1. The Morgan fingerprint density at radius 2 is 1.87 bits per heavy atom. The van der Waals surface area contributed by atoms with Crippen molar-refractivity contribution in [3.63, 3.8) is 0 Å². The predicted octanol–water partition coefficient (Wildman–Crippen LogP) is 5.89. The van der Waals surface area contributed by atoms with Crippen LogP contribution in [0, 0.1) is 16.7 Å². The molecule has 0 aliphatic rings. The van der Waals surface area contributed by atoms with E-state index in [9.17, 15) is 14.9 Å². The molecule has 3 heterocycles. The molecular formula is C30H29N5O3. The van der Waals surface area contributed by atoms with Gasteiger partial charge in [-0.25, -0.2) is 4.98 Å². The fraction of sp³-hybridized carbons (Fsp3) is 0.233. The number of esters is 1. The zero-order chi connectivity index (χ0) is 27.6. The fourth-order valence-electron chi connectivity index (χ4n) is 3.97. The first-order valence-electron chi connectivity index (χ1n) is 12.1. The zero-order valence-electron chi connectivity index (χ0n) is 22.1. The SMILES string of the molecule is C=CC(=O)N(C)c1cncc(-c2cnc3c(c2)c(-c2cccc(C#N)c2)cn3C(C)OC(=O)C(C)(C)C)c1. The quantitative estimate of drug-likeness (QED) is 0.238. The number of carbonyl (C=O) groups is 2. The fourth-order valence-corrected chi connectivity index (χ4v) is 3.97. The van der Waals surface area contributed by atoms with Crippen molar-refractivity contribution < 1.29 is 14.3 Å². The van der Waals surface area contributed by atoms with Gasteiger partial charge in [-0.3, -0.25) is 19.1 Å². The number of aromatic nitrogens is 3. The molecule has 1 amide bonds. The van der Waals surface area contributed by atoms with E-state index < -0.39 is 11.6 Å². The van der Waals surface area contributed by atoms with Gasteiger partial charge >= 0.3 is 5.97 Å². The molecule has 0 bridgehead atoms. The maximum absolute atomic E-state index is 12.6. The van der Waals surface area contributed by atoms with E-state index in [1.54, 1.807) is 59.4 Å². The lowest BCUT2D eigenvalue weighted by atomic mass is 9.97. The maximum Gasteiger partial charge on any atom is 0.313 e. The number of hydrogen-bond acceptors (Lipinski definition) is 6. The minimum Gasteiger partial charge on any atom is -0.441 e. The number of anilines is 1. The van der Waals surface area contributed by atoms with E-state index in [0.717, 1.165) is 27.6 Å². The molecule has 0 radical (unpaired) electrons. The van der Waals surface area contributed by atoms with E-state index in [4.69, 9.17) is 9.72 Å². The van der Waals surface area contributed by atoms with Gasteiger partial charge in [-0.2, -0.15) is 5.26 Å². The third-order valence-corrected chi connectivity index (χ3v) is 6.20. The maximum atomic E-state index is 12.6. The number of benzene rings is 1. The largest absolute Gasteiger partial charge is 0.441 e. The monoisotopic (exact) mass is 507 g/mol. The molecule has 192 valence electrons. The Hall–Kier alpha value is -4.77. The normalized spacial score (nSPS) is 12.0. The molecule has 8 nitrogen and oxygen atoms in total. The number of carbonyl (C=O) groups excluding carboxylic acids is 2. The molecule has 4 rings (SSSR count). The van der Waals surface area contributed by atoms with Gasteiger partial charge in [0.15, 0.2) is 6.23 Å². The van der Waals surface area contributed by atoms with Gasteiger partial charge in [-0.05, 0) is 63.6 Å². The predicted molar refractivity (Wildman–Crippen MR) is 147 cm³/mol. The molecule has 0 fully saturated rings. The first-order chi connectivity index (χ1) is 18.0. The summed E-state index contributed by atoms with van der Waals surface area (Å²) in [5.74, 6) is -0.564. The summed E-state index contributed by atoms with van der Waals surface area (Å²) in [4.78, 5) is 35.2. The average molecular weight is 508 g/mol. The minimum atomic E-state index is -0.653. The summed E-state index contributed by atoms with van der Waals surface area (Å²) in [5.41, 5.74) is 4.38. The molecule has 1 unspecified atom stereocenters. The molecule has 8 heteroatoms. The Morgan fingerprint density at radius 1 is 1.13 bits per heavy atom. The number of likely N-dealkylation sites (N-methyl/N-ethyl adjacent to an activating group) is 1. The van der Waals surface area contributed by atoms with Crippen molar-refractivity contribution >= 4 is 28.6 Å². The molecule has 3 aromatic heterocycles. The molecule has 1 aromatic carbocycles. The Morgan fingerprint density at radius 3 is 2.55 bits per heavy atom. The van der Waals surface area contributed by atoms with Gasteiger partial charge < -0.3 is 9.64 Å². The molecule has 0 saturated heterocycles. The van der Waals surface area contributed by atoms with Crippen molar-refractivity contribution in [2.45, 2.75) is 33.9 Å². The number of fused-ring (bicyclic) bond motifs is 1. The van der Waals surface area contributed by atoms with Gasteiger partial charge in [0.2, 0.25) is 5.91 Å². The number of ether oxygens (including phenoxy) is 1. The average Bonchev–Trinajstić information content (AvgIpc) is 3.30.